The molecule has 0 N–H and O–H groups in total. The van der Waals surface area contributed by atoms with Gasteiger partial charge in [0, 0.05) is 70.2 Å². The summed E-state index contributed by atoms with van der Waals surface area (Å²) in [5.41, 5.74) is 1.39. The molecule has 0 aliphatic carbocycles. The maximum absolute atomic E-state index is 12.5. The van der Waals surface area contributed by atoms with Crippen LogP contribution in [0.2, 0.25) is 0 Å². The maximum Gasteiger partial charge on any atom is 0.222 e. The summed E-state index contributed by atoms with van der Waals surface area (Å²) in [7, 11) is 2.06. The van der Waals surface area contributed by atoms with Crippen molar-refractivity contribution < 1.29 is 4.79 Å². The second kappa shape index (κ2) is 8.43. The van der Waals surface area contributed by atoms with Gasteiger partial charge in [-0.3, -0.25) is 9.78 Å². The van der Waals surface area contributed by atoms with Crippen LogP contribution in [0.1, 0.15) is 37.2 Å². The zero-order chi connectivity index (χ0) is 19.4. The Balaban J connectivity index is 1.28. The summed E-state index contributed by atoms with van der Waals surface area (Å²) in [5, 5.41) is 0. The van der Waals surface area contributed by atoms with Crippen molar-refractivity contribution in [3.63, 3.8) is 0 Å². The average molecular weight is 382 g/mol. The third-order valence-corrected chi connectivity index (χ3v) is 6.60. The fraction of sp³-hybridized carbons (Fsp3) is 0.591. The molecular weight excluding hydrogens is 350 g/mol. The molecule has 2 fully saturated rings. The van der Waals surface area contributed by atoms with Gasteiger partial charge in [-0.05, 0) is 49.9 Å². The van der Waals surface area contributed by atoms with Crippen LogP contribution in [0.4, 0.5) is 0 Å². The van der Waals surface area contributed by atoms with Crippen LogP contribution >= 0.6 is 0 Å². The van der Waals surface area contributed by atoms with Gasteiger partial charge in [0.25, 0.3) is 0 Å². The van der Waals surface area contributed by atoms with E-state index < -0.39 is 0 Å². The van der Waals surface area contributed by atoms with Crippen LogP contribution in [0, 0.1) is 5.41 Å². The van der Waals surface area contributed by atoms with E-state index in [1.54, 1.807) is 0 Å². The molecule has 2 saturated heterocycles. The Morgan fingerprint density at radius 2 is 1.89 bits per heavy atom. The summed E-state index contributed by atoms with van der Waals surface area (Å²) < 4.78 is 2.11. The normalized spacial score (nSPS) is 20.0. The first-order valence-electron chi connectivity index (χ1n) is 10.5. The summed E-state index contributed by atoms with van der Waals surface area (Å²) >= 11 is 0. The smallest absolute Gasteiger partial charge is 0.222 e. The van der Waals surface area contributed by atoms with Crippen molar-refractivity contribution >= 4 is 5.91 Å². The molecule has 0 radical (unpaired) electrons. The number of likely N-dealkylation sites (tertiary alicyclic amines) is 2. The number of aryl methyl sites for hydroxylation is 1. The lowest BCUT2D eigenvalue weighted by molar-refractivity contribution is -0.139. The number of hydrogen-bond donors (Lipinski definition) is 0. The highest BCUT2D eigenvalue weighted by Gasteiger charge is 2.40. The molecule has 0 unspecified atom stereocenters. The lowest BCUT2D eigenvalue weighted by Crippen LogP contribution is -2.52. The molecule has 1 amide bonds. The highest BCUT2D eigenvalue weighted by atomic mass is 16.2. The predicted molar refractivity (Wildman–Crippen MR) is 109 cm³/mol. The summed E-state index contributed by atoms with van der Waals surface area (Å²) in [6.45, 7) is 5.05. The van der Waals surface area contributed by atoms with Crippen molar-refractivity contribution in [2.75, 3.05) is 32.7 Å². The molecule has 6 heteroatoms. The summed E-state index contributed by atoms with van der Waals surface area (Å²) in [6.07, 6.45) is 11.7. The molecule has 6 nitrogen and oxygen atoms in total. The zero-order valence-corrected chi connectivity index (χ0v) is 16.9. The van der Waals surface area contributed by atoms with Gasteiger partial charge in [-0.1, -0.05) is 6.07 Å². The molecule has 4 rings (SSSR count). The van der Waals surface area contributed by atoms with Crippen molar-refractivity contribution in [3.8, 4) is 0 Å². The van der Waals surface area contributed by atoms with E-state index in [4.69, 9.17) is 0 Å². The number of rotatable bonds is 6. The van der Waals surface area contributed by atoms with E-state index in [0.29, 0.717) is 17.7 Å². The number of carbonyl (C=O) groups excluding carboxylic acids is 1. The van der Waals surface area contributed by atoms with E-state index in [-0.39, 0.29) is 0 Å². The van der Waals surface area contributed by atoms with Gasteiger partial charge in [0.1, 0.15) is 5.82 Å². The van der Waals surface area contributed by atoms with Crippen molar-refractivity contribution in [2.24, 2.45) is 12.5 Å². The molecule has 28 heavy (non-hydrogen) atoms. The van der Waals surface area contributed by atoms with Crippen LogP contribution in [-0.4, -0.2) is 63.0 Å². The van der Waals surface area contributed by atoms with Gasteiger partial charge in [-0.25, -0.2) is 4.98 Å². The standard InChI is InChI=1S/C22H31N5O/c1-25-17-12-24-20(25)7-13-26-15-9-22(10-16-26)8-5-21(28)27(18-22)14-6-19-4-2-3-11-23-19/h2-4,11-12,17H,5-10,13-16,18H2,1H3. The molecule has 2 aromatic rings. The summed E-state index contributed by atoms with van der Waals surface area (Å²) in [6, 6.07) is 6.00. The Kier molecular flexibility index (Phi) is 5.76. The van der Waals surface area contributed by atoms with Crippen molar-refractivity contribution in [1.82, 2.24) is 24.3 Å². The Hall–Kier alpha value is -2.21. The molecule has 150 valence electrons. The quantitative estimate of drug-likeness (QED) is 0.771. The Bertz CT molecular complexity index is 779. The molecule has 2 aliphatic heterocycles. The largest absolute Gasteiger partial charge is 0.342 e. The van der Waals surface area contributed by atoms with Crippen LogP contribution < -0.4 is 0 Å². The van der Waals surface area contributed by atoms with E-state index in [0.717, 1.165) is 63.5 Å². The van der Waals surface area contributed by atoms with Gasteiger partial charge in [-0.2, -0.15) is 0 Å². The van der Waals surface area contributed by atoms with Crippen LogP contribution in [0.5, 0.6) is 0 Å². The number of aromatic nitrogens is 3. The minimum Gasteiger partial charge on any atom is -0.342 e. The lowest BCUT2D eigenvalue weighted by Gasteiger charge is -2.47. The second-order valence-corrected chi connectivity index (χ2v) is 8.43. The number of amides is 1. The Morgan fingerprint density at radius 3 is 2.61 bits per heavy atom. The fourth-order valence-corrected chi connectivity index (χ4v) is 4.66. The van der Waals surface area contributed by atoms with E-state index in [9.17, 15) is 4.79 Å². The van der Waals surface area contributed by atoms with Crippen molar-refractivity contribution in [3.05, 3.63) is 48.3 Å². The summed E-state index contributed by atoms with van der Waals surface area (Å²) in [4.78, 5) is 26.0. The predicted octanol–water partition coefficient (Wildman–Crippen LogP) is 2.30. The van der Waals surface area contributed by atoms with Gasteiger partial charge in [-0.15, -0.1) is 0 Å². The molecule has 2 aliphatic rings. The van der Waals surface area contributed by atoms with Gasteiger partial charge < -0.3 is 14.4 Å². The number of piperidine rings is 2. The van der Waals surface area contributed by atoms with E-state index in [1.165, 1.54) is 12.8 Å². The second-order valence-electron chi connectivity index (χ2n) is 8.43. The van der Waals surface area contributed by atoms with Crippen molar-refractivity contribution in [1.29, 1.82) is 0 Å². The number of carbonyl (C=O) groups is 1. The van der Waals surface area contributed by atoms with Crippen LogP contribution in [0.3, 0.4) is 0 Å². The molecule has 2 aromatic heterocycles. The van der Waals surface area contributed by atoms with E-state index in [2.05, 4.69) is 31.4 Å². The zero-order valence-electron chi connectivity index (χ0n) is 16.9. The highest BCUT2D eigenvalue weighted by Crippen LogP contribution is 2.40. The highest BCUT2D eigenvalue weighted by molar-refractivity contribution is 5.77. The molecule has 0 saturated carbocycles. The Labute approximate surface area is 167 Å². The third-order valence-electron chi connectivity index (χ3n) is 6.60. The lowest BCUT2D eigenvalue weighted by atomic mass is 9.72. The van der Waals surface area contributed by atoms with Crippen LogP contribution in [-0.2, 0) is 24.7 Å². The number of hydrogen-bond acceptors (Lipinski definition) is 4. The number of imidazole rings is 1. The van der Waals surface area contributed by atoms with Gasteiger partial charge >= 0.3 is 0 Å². The van der Waals surface area contributed by atoms with Crippen LogP contribution in [0.15, 0.2) is 36.8 Å². The first-order valence-corrected chi connectivity index (χ1v) is 10.5. The number of nitrogens with zero attached hydrogens (tertiary/aromatic N) is 5. The molecule has 1 spiro atoms. The number of pyridine rings is 1. The minimum absolute atomic E-state index is 0.317. The Morgan fingerprint density at radius 1 is 1.04 bits per heavy atom. The summed E-state index contributed by atoms with van der Waals surface area (Å²) in [5.74, 6) is 1.48. The molecular formula is C22H31N5O. The molecule has 0 bridgehead atoms. The monoisotopic (exact) mass is 381 g/mol. The van der Waals surface area contributed by atoms with Gasteiger partial charge in [0.2, 0.25) is 5.91 Å². The topological polar surface area (TPSA) is 54.3 Å². The first kappa shape index (κ1) is 19.1. The molecule has 0 aromatic carbocycles. The SMILES string of the molecule is Cn1ccnc1CCN1CCC2(CCC(=O)N(CCc3ccccn3)C2)CC1. The third kappa shape index (κ3) is 4.43. The van der Waals surface area contributed by atoms with E-state index >= 15 is 0 Å². The average Bonchev–Trinajstić information content (AvgIpc) is 3.14. The first-order chi connectivity index (χ1) is 13.6. The van der Waals surface area contributed by atoms with Crippen LogP contribution in [0.25, 0.3) is 0 Å². The maximum atomic E-state index is 12.5. The van der Waals surface area contributed by atoms with E-state index in [1.807, 2.05) is 36.8 Å². The fourth-order valence-electron chi connectivity index (χ4n) is 4.66. The minimum atomic E-state index is 0.317. The van der Waals surface area contributed by atoms with Gasteiger partial charge in [0.15, 0.2) is 0 Å². The van der Waals surface area contributed by atoms with Crippen molar-refractivity contribution in [2.45, 2.75) is 38.5 Å². The molecule has 4 heterocycles. The van der Waals surface area contributed by atoms with Gasteiger partial charge in [0.05, 0.1) is 0 Å². The molecule has 0 atom stereocenters.